The molecule has 3 aromatic rings. The van der Waals surface area contributed by atoms with Crippen LogP contribution in [0.4, 0.5) is 5.69 Å². The summed E-state index contributed by atoms with van der Waals surface area (Å²) < 4.78 is 36.7. The van der Waals surface area contributed by atoms with E-state index in [-0.39, 0.29) is 25.4 Å². The van der Waals surface area contributed by atoms with Crippen LogP contribution in [-0.2, 0) is 21.2 Å². The molecule has 1 heterocycles. The Morgan fingerprint density at radius 1 is 1.06 bits per heavy atom. The number of ether oxygens (including phenoxy) is 2. The summed E-state index contributed by atoms with van der Waals surface area (Å²) in [6.07, 6.45) is 0.122. The van der Waals surface area contributed by atoms with Gasteiger partial charge < -0.3 is 14.8 Å². The molecule has 0 radical (unpaired) electrons. The quantitative estimate of drug-likeness (QED) is 0.578. The third-order valence-corrected chi connectivity index (χ3v) is 6.48. The van der Waals surface area contributed by atoms with Gasteiger partial charge in [0.1, 0.15) is 0 Å². The number of hydrogen-bond acceptors (Lipinski definition) is 5. The molecule has 0 bridgehead atoms. The maximum absolute atomic E-state index is 12.5. The first-order valence-electron chi connectivity index (χ1n) is 9.37. The van der Waals surface area contributed by atoms with Gasteiger partial charge in [0.05, 0.1) is 16.3 Å². The fourth-order valence-corrected chi connectivity index (χ4v) is 4.25. The lowest BCUT2D eigenvalue weighted by Gasteiger charge is -2.09. The number of halogens is 1. The van der Waals surface area contributed by atoms with Gasteiger partial charge in [-0.05, 0) is 60.1 Å². The zero-order valence-corrected chi connectivity index (χ0v) is 18.1. The molecule has 0 aromatic heterocycles. The summed E-state index contributed by atoms with van der Waals surface area (Å²) in [5.74, 6) is 0.815. The zero-order valence-electron chi connectivity index (χ0n) is 16.5. The van der Waals surface area contributed by atoms with Crippen LogP contribution in [0.2, 0.25) is 5.02 Å². The Balaban J connectivity index is 0.00000289. The lowest BCUT2D eigenvalue weighted by Crippen LogP contribution is -2.18. The minimum absolute atomic E-state index is 0. The first-order chi connectivity index (χ1) is 14.9. The Kier molecular flexibility index (Phi) is 5.86. The molecule has 0 saturated carbocycles. The largest absolute Gasteiger partial charge is 0.454 e. The number of rotatable bonds is 6. The maximum Gasteiger partial charge on any atom is 0.240 e. The molecule has 1 amide bonds. The smallest absolute Gasteiger partial charge is 0.240 e. The minimum Gasteiger partial charge on any atom is -0.454 e. The van der Waals surface area contributed by atoms with Gasteiger partial charge in [0.15, 0.2) is 11.5 Å². The lowest BCUT2D eigenvalue weighted by atomic mass is 10.1. The molecule has 0 spiro atoms. The minimum atomic E-state index is -3.49. The van der Waals surface area contributed by atoms with Crippen LogP contribution in [0.1, 0.15) is 6.99 Å². The number of hydrogen-bond donors (Lipinski definition) is 2. The highest BCUT2D eigenvalue weighted by molar-refractivity contribution is 7.89. The molecule has 0 atom stereocenters. The predicted octanol–water partition coefficient (Wildman–Crippen LogP) is 4.07. The number of benzene rings is 3. The molecule has 1 aliphatic rings. The molecule has 0 aliphatic carbocycles. The van der Waals surface area contributed by atoms with Crippen molar-refractivity contribution in [1.82, 2.24) is 4.72 Å². The Bertz CT molecular complexity index is 1250. The first-order valence-corrected chi connectivity index (χ1v) is 11.2. The Hall–Kier alpha value is -3.07. The SMILES string of the molecule is CNS(=O)(=O)c1ccc(-c2cccc(NC(=O)Cc3cc(Cl)c4c(c3)OCO4)c2)cc1.[HH]. The molecule has 31 heavy (non-hydrogen) atoms. The standard InChI is InChI=1S/C22H19ClN2O5S.H2/c1-24-31(27,28)18-7-5-15(6-8-18)16-3-2-4-17(12-16)25-21(26)11-14-9-19(23)22-20(10-14)29-13-30-22;/h2-10,12,24H,11,13H2,1H3,(H,25,26);1H. The van der Waals surface area contributed by atoms with Crippen LogP contribution in [-0.4, -0.2) is 28.2 Å². The summed E-state index contributed by atoms with van der Waals surface area (Å²) >= 11 is 6.18. The van der Waals surface area contributed by atoms with E-state index in [0.29, 0.717) is 27.8 Å². The summed E-state index contributed by atoms with van der Waals surface area (Å²) in [5, 5.41) is 3.28. The van der Waals surface area contributed by atoms with Gasteiger partial charge in [-0.3, -0.25) is 4.79 Å². The third kappa shape index (κ3) is 4.66. The van der Waals surface area contributed by atoms with Gasteiger partial charge in [-0.15, -0.1) is 0 Å². The van der Waals surface area contributed by atoms with Crippen molar-refractivity contribution < 1.29 is 24.1 Å². The van der Waals surface area contributed by atoms with Crippen LogP contribution in [0.25, 0.3) is 11.1 Å². The summed E-state index contributed by atoms with van der Waals surface area (Å²) in [4.78, 5) is 12.7. The van der Waals surface area contributed by atoms with Crippen molar-refractivity contribution in [2.75, 3.05) is 19.2 Å². The highest BCUT2D eigenvalue weighted by atomic mass is 35.5. The van der Waals surface area contributed by atoms with Gasteiger partial charge >= 0.3 is 0 Å². The average molecular weight is 461 g/mol. The number of fused-ring (bicyclic) bond motifs is 1. The van der Waals surface area contributed by atoms with E-state index in [2.05, 4.69) is 10.0 Å². The molecule has 9 heteroatoms. The summed E-state index contributed by atoms with van der Waals surface area (Å²) in [6, 6.07) is 17.3. The van der Waals surface area contributed by atoms with Crippen LogP contribution in [0, 0.1) is 0 Å². The van der Waals surface area contributed by atoms with E-state index in [4.69, 9.17) is 21.1 Å². The fourth-order valence-electron chi connectivity index (χ4n) is 3.23. The van der Waals surface area contributed by atoms with E-state index >= 15 is 0 Å². The monoisotopic (exact) mass is 460 g/mol. The molecular weight excluding hydrogens is 440 g/mol. The van der Waals surface area contributed by atoms with Crippen molar-refractivity contribution in [2.24, 2.45) is 0 Å². The number of anilines is 1. The Labute approximate surface area is 186 Å². The van der Waals surface area contributed by atoms with Crippen LogP contribution in [0.3, 0.4) is 0 Å². The van der Waals surface area contributed by atoms with Crippen LogP contribution in [0.5, 0.6) is 11.5 Å². The molecule has 7 nitrogen and oxygen atoms in total. The number of carbonyl (C=O) groups excluding carboxylic acids is 1. The third-order valence-electron chi connectivity index (χ3n) is 4.76. The molecule has 2 N–H and O–H groups in total. The van der Waals surface area contributed by atoms with Crippen molar-refractivity contribution in [3.63, 3.8) is 0 Å². The second kappa shape index (κ2) is 8.58. The predicted molar refractivity (Wildman–Crippen MR) is 120 cm³/mol. The first kappa shape index (κ1) is 21.2. The Morgan fingerprint density at radius 2 is 1.84 bits per heavy atom. The summed E-state index contributed by atoms with van der Waals surface area (Å²) in [5.41, 5.74) is 3.01. The number of nitrogens with one attached hydrogen (secondary N) is 2. The number of amides is 1. The highest BCUT2D eigenvalue weighted by Gasteiger charge is 2.19. The highest BCUT2D eigenvalue weighted by Crippen LogP contribution is 2.40. The lowest BCUT2D eigenvalue weighted by molar-refractivity contribution is -0.115. The van der Waals surface area contributed by atoms with Crippen LogP contribution in [0.15, 0.2) is 65.6 Å². The van der Waals surface area contributed by atoms with E-state index in [1.54, 1.807) is 30.3 Å². The second-order valence-electron chi connectivity index (χ2n) is 6.85. The van der Waals surface area contributed by atoms with Gasteiger partial charge in [0.2, 0.25) is 22.7 Å². The van der Waals surface area contributed by atoms with E-state index in [0.717, 1.165) is 11.1 Å². The van der Waals surface area contributed by atoms with E-state index in [9.17, 15) is 13.2 Å². The second-order valence-corrected chi connectivity index (χ2v) is 9.14. The van der Waals surface area contributed by atoms with Gasteiger partial charge in [-0.1, -0.05) is 35.9 Å². The molecule has 3 aromatic carbocycles. The van der Waals surface area contributed by atoms with Crippen molar-refractivity contribution in [3.8, 4) is 22.6 Å². The fraction of sp³-hybridized carbons (Fsp3) is 0.136. The molecule has 162 valence electrons. The van der Waals surface area contributed by atoms with Crippen molar-refractivity contribution in [3.05, 3.63) is 71.2 Å². The van der Waals surface area contributed by atoms with E-state index in [1.165, 1.54) is 19.2 Å². The number of carbonyl (C=O) groups is 1. The molecule has 0 saturated heterocycles. The zero-order chi connectivity index (χ0) is 22.0. The van der Waals surface area contributed by atoms with Crippen molar-refractivity contribution in [2.45, 2.75) is 11.3 Å². The maximum atomic E-state index is 12.5. The van der Waals surface area contributed by atoms with Gasteiger partial charge in [0.25, 0.3) is 0 Å². The van der Waals surface area contributed by atoms with Crippen LogP contribution < -0.4 is 19.5 Å². The van der Waals surface area contributed by atoms with E-state index < -0.39 is 10.0 Å². The molecule has 1 aliphatic heterocycles. The topological polar surface area (TPSA) is 93.7 Å². The molecule has 0 fully saturated rings. The van der Waals surface area contributed by atoms with Crippen LogP contribution >= 0.6 is 11.6 Å². The molecule has 4 rings (SSSR count). The van der Waals surface area contributed by atoms with Gasteiger partial charge in [0, 0.05) is 7.11 Å². The molecular formula is C22H21ClN2O5S. The number of sulfonamides is 1. The Morgan fingerprint density at radius 3 is 2.58 bits per heavy atom. The summed E-state index contributed by atoms with van der Waals surface area (Å²) in [7, 11) is -2.12. The van der Waals surface area contributed by atoms with Gasteiger partial charge in [-0.25, -0.2) is 13.1 Å². The summed E-state index contributed by atoms with van der Waals surface area (Å²) in [6.45, 7) is 0.110. The van der Waals surface area contributed by atoms with Gasteiger partial charge in [-0.2, -0.15) is 0 Å². The van der Waals surface area contributed by atoms with Crippen molar-refractivity contribution in [1.29, 1.82) is 0 Å². The molecule has 0 unspecified atom stereocenters. The average Bonchev–Trinajstić information content (AvgIpc) is 3.23. The van der Waals surface area contributed by atoms with Crippen molar-refractivity contribution >= 4 is 33.2 Å². The van der Waals surface area contributed by atoms with E-state index in [1.807, 2.05) is 18.2 Å². The normalized spacial score (nSPS) is 12.6.